The molecule has 2 atom stereocenters. The highest BCUT2D eigenvalue weighted by molar-refractivity contribution is 8.00. The van der Waals surface area contributed by atoms with E-state index >= 15 is 0 Å². The van der Waals surface area contributed by atoms with Crippen molar-refractivity contribution in [2.24, 2.45) is 0 Å². The molecule has 2 heterocycles. The maximum atomic E-state index is 12.8. The van der Waals surface area contributed by atoms with Crippen LogP contribution in [0, 0.1) is 0 Å². The average Bonchev–Trinajstić information content (AvgIpc) is 2.70. The summed E-state index contributed by atoms with van der Waals surface area (Å²) in [5.74, 6) is -3.08. The maximum Gasteiger partial charge on any atom is 0.352 e. The van der Waals surface area contributed by atoms with Gasteiger partial charge in [0.1, 0.15) is 34.0 Å². The number of carbonyl (C=O) groups excluding carboxylic acids is 3. The fraction of sp³-hybridized carbons (Fsp3) is 0.263. The molecular weight excluding hydrogens is 471 g/mol. The molecular formula is C19H16Cl2N2O7S. The monoisotopic (exact) mass is 486 g/mol. The van der Waals surface area contributed by atoms with E-state index in [2.05, 4.69) is 5.32 Å². The summed E-state index contributed by atoms with van der Waals surface area (Å²) in [5.41, 5.74) is 0.255. The van der Waals surface area contributed by atoms with Crippen molar-refractivity contribution in [1.29, 1.82) is 0 Å². The second kappa shape index (κ2) is 9.21. The number of β-lactam (4-membered cyclic amide) rings is 1. The van der Waals surface area contributed by atoms with E-state index in [4.69, 9.17) is 27.9 Å². The topological polar surface area (TPSA) is 133 Å². The Morgan fingerprint density at radius 3 is 2.45 bits per heavy atom. The van der Waals surface area contributed by atoms with Gasteiger partial charge in [-0.2, -0.15) is 0 Å². The van der Waals surface area contributed by atoms with Gasteiger partial charge in [0.05, 0.1) is 5.57 Å². The SMILES string of the molecule is CC(=O)OCC1=C(C(=O)O)N2C(=O)C(NC(=O)C(=C(Cl)Cl)c3ccc(O)cc3)[C@@H]2SC1. The standard InChI is InChI=1S/C19H16Cl2N2O7S/c1-8(24)30-6-10-7-31-18-13(17(27)23(18)14(10)19(28)29)22-16(26)12(15(20)21)9-2-4-11(25)5-3-9/h2-5,13,18,25H,6-7H2,1H3,(H,22,26)(H,28,29)/t13?,18-/m0/s1. The summed E-state index contributed by atoms with van der Waals surface area (Å²) in [6.45, 7) is 0.953. The molecule has 0 radical (unpaired) electrons. The molecule has 0 spiro atoms. The van der Waals surface area contributed by atoms with E-state index in [9.17, 15) is 29.4 Å². The highest BCUT2D eigenvalue weighted by Gasteiger charge is 2.54. The Hall–Kier alpha value is -2.69. The Morgan fingerprint density at radius 1 is 1.26 bits per heavy atom. The second-order valence-electron chi connectivity index (χ2n) is 6.58. The number of nitrogens with zero attached hydrogens (tertiary/aromatic N) is 1. The summed E-state index contributed by atoms with van der Waals surface area (Å²) in [6.07, 6.45) is 0. The molecule has 3 N–H and O–H groups in total. The van der Waals surface area contributed by atoms with Gasteiger partial charge in [0.2, 0.25) is 0 Å². The molecule has 9 nitrogen and oxygen atoms in total. The van der Waals surface area contributed by atoms with Crippen molar-refractivity contribution in [1.82, 2.24) is 10.2 Å². The highest BCUT2D eigenvalue weighted by atomic mass is 35.5. The summed E-state index contributed by atoms with van der Waals surface area (Å²) in [7, 11) is 0. The van der Waals surface area contributed by atoms with Crippen LogP contribution >= 0.6 is 35.0 Å². The number of aliphatic carboxylic acids is 1. The van der Waals surface area contributed by atoms with Crippen LogP contribution in [0.2, 0.25) is 0 Å². The number of fused-ring (bicyclic) bond motifs is 1. The molecule has 1 unspecified atom stereocenters. The molecule has 12 heteroatoms. The predicted molar refractivity (Wildman–Crippen MR) is 113 cm³/mol. The Kier molecular flexibility index (Phi) is 6.83. The van der Waals surface area contributed by atoms with Gasteiger partial charge in [0.15, 0.2) is 0 Å². The van der Waals surface area contributed by atoms with Crippen molar-refractivity contribution in [2.75, 3.05) is 12.4 Å². The first-order valence-electron chi connectivity index (χ1n) is 8.80. The van der Waals surface area contributed by atoms with Gasteiger partial charge in [-0.25, -0.2) is 4.79 Å². The lowest BCUT2D eigenvalue weighted by Crippen LogP contribution is -2.70. The first kappa shape index (κ1) is 23.0. The molecule has 2 aliphatic rings. The number of rotatable bonds is 6. The molecule has 31 heavy (non-hydrogen) atoms. The zero-order valence-electron chi connectivity index (χ0n) is 15.9. The smallest absolute Gasteiger partial charge is 0.352 e. The minimum absolute atomic E-state index is 0.0184. The van der Waals surface area contributed by atoms with Crippen LogP contribution in [0.3, 0.4) is 0 Å². The predicted octanol–water partition coefficient (Wildman–Crippen LogP) is 1.84. The van der Waals surface area contributed by atoms with Crippen molar-refractivity contribution in [2.45, 2.75) is 18.3 Å². The fourth-order valence-electron chi connectivity index (χ4n) is 3.15. The molecule has 0 aromatic heterocycles. The van der Waals surface area contributed by atoms with Crippen LogP contribution in [0.25, 0.3) is 5.57 Å². The van der Waals surface area contributed by atoms with E-state index in [1.54, 1.807) is 0 Å². The Bertz CT molecular complexity index is 1020. The van der Waals surface area contributed by atoms with Gasteiger partial charge in [0, 0.05) is 18.2 Å². The molecule has 164 valence electrons. The molecule has 1 aromatic carbocycles. The lowest BCUT2D eigenvalue weighted by atomic mass is 10.0. The minimum atomic E-state index is -1.33. The van der Waals surface area contributed by atoms with E-state index < -0.39 is 35.2 Å². The number of aromatic hydroxyl groups is 1. The number of hydrogen-bond acceptors (Lipinski definition) is 7. The molecule has 1 aromatic rings. The summed E-state index contributed by atoms with van der Waals surface area (Å²) in [6, 6.07) is 4.57. The van der Waals surface area contributed by atoms with E-state index in [1.165, 1.54) is 43.0 Å². The quantitative estimate of drug-likeness (QED) is 0.315. The average molecular weight is 487 g/mol. The lowest BCUT2D eigenvalue weighted by Gasteiger charge is -2.49. The van der Waals surface area contributed by atoms with E-state index in [0.29, 0.717) is 5.56 Å². The number of carboxylic acid groups (broad SMARTS) is 1. The van der Waals surface area contributed by atoms with Crippen LogP contribution in [-0.4, -0.2) is 62.6 Å². The fourth-order valence-corrected chi connectivity index (χ4v) is 4.87. The molecule has 0 saturated carbocycles. The van der Waals surface area contributed by atoms with Crippen LogP contribution < -0.4 is 5.32 Å². The van der Waals surface area contributed by atoms with Crippen molar-refractivity contribution in [3.05, 3.63) is 45.6 Å². The molecule has 1 saturated heterocycles. The van der Waals surface area contributed by atoms with Crippen molar-refractivity contribution < 1.29 is 34.1 Å². The number of nitrogens with one attached hydrogen (secondary N) is 1. The first-order valence-corrected chi connectivity index (χ1v) is 10.6. The van der Waals surface area contributed by atoms with E-state index in [-0.39, 0.29) is 39.4 Å². The first-order chi connectivity index (χ1) is 14.6. The summed E-state index contributed by atoms with van der Waals surface area (Å²) in [4.78, 5) is 49.3. The van der Waals surface area contributed by atoms with Crippen molar-refractivity contribution in [3.8, 4) is 5.75 Å². The van der Waals surface area contributed by atoms with Crippen molar-refractivity contribution >= 4 is 64.3 Å². The van der Waals surface area contributed by atoms with E-state index in [0.717, 1.165) is 4.90 Å². The van der Waals surface area contributed by atoms with Crippen LogP contribution in [0.1, 0.15) is 12.5 Å². The van der Waals surface area contributed by atoms with Gasteiger partial charge >= 0.3 is 11.9 Å². The number of ether oxygens (including phenoxy) is 1. The molecule has 3 rings (SSSR count). The number of esters is 1. The largest absolute Gasteiger partial charge is 0.508 e. The number of phenols is 1. The summed E-state index contributed by atoms with van der Waals surface area (Å²) >= 11 is 13.0. The highest BCUT2D eigenvalue weighted by Crippen LogP contribution is 2.40. The maximum absolute atomic E-state index is 12.8. The van der Waals surface area contributed by atoms with Gasteiger partial charge in [-0.05, 0) is 17.7 Å². The Labute approximate surface area is 190 Å². The van der Waals surface area contributed by atoms with Gasteiger partial charge in [-0.15, -0.1) is 11.8 Å². The van der Waals surface area contributed by atoms with Gasteiger partial charge in [0.25, 0.3) is 11.8 Å². The third-order valence-electron chi connectivity index (χ3n) is 4.56. The summed E-state index contributed by atoms with van der Waals surface area (Å²) in [5, 5.41) is 20.9. The Morgan fingerprint density at radius 2 is 1.90 bits per heavy atom. The molecule has 0 aliphatic carbocycles. The third-order valence-corrected chi connectivity index (χ3v) is 6.28. The number of carboxylic acids is 1. The molecule has 2 aliphatic heterocycles. The molecule has 1 fully saturated rings. The zero-order chi connectivity index (χ0) is 22.9. The number of hydrogen-bond donors (Lipinski definition) is 3. The lowest BCUT2D eigenvalue weighted by molar-refractivity contribution is -0.150. The minimum Gasteiger partial charge on any atom is -0.508 e. The van der Waals surface area contributed by atoms with Gasteiger partial charge < -0.3 is 20.3 Å². The number of carbonyl (C=O) groups is 4. The van der Waals surface area contributed by atoms with Gasteiger partial charge in [-0.3, -0.25) is 19.3 Å². The Balaban J connectivity index is 1.80. The van der Waals surface area contributed by atoms with Crippen molar-refractivity contribution in [3.63, 3.8) is 0 Å². The summed E-state index contributed by atoms with van der Waals surface area (Å²) < 4.78 is 4.54. The van der Waals surface area contributed by atoms with Crippen LogP contribution in [0.15, 0.2) is 40.0 Å². The molecule has 0 bridgehead atoms. The van der Waals surface area contributed by atoms with E-state index in [1.807, 2.05) is 0 Å². The zero-order valence-corrected chi connectivity index (χ0v) is 18.3. The van der Waals surface area contributed by atoms with Gasteiger partial charge in [-0.1, -0.05) is 35.3 Å². The van der Waals surface area contributed by atoms with Crippen LogP contribution in [0.4, 0.5) is 0 Å². The number of benzene rings is 1. The van der Waals surface area contributed by atoms with Crippen LogP contribution in [0.5, 0.6) is 5.75 Å². The molecule has 2 amide bonds. The number of halogens is 2. The number of thioether (sulfide) groups is 1. The number of phenolic OH excluding ortho intramolecular Hbond substituents is 1. The number of amides is 2. The third kappa shape index (κ3) is 4.65. The second-order valence-corrected chi connectivity index (χ2v) is 8.64. The normalized spacial score (nSPS) is 19.8. The van der Waals surface area contributed by atoms with Crippen LogP contribution in [-0.2, 0) is 23.9 Å².